The van der Waals surface area contributed by atoms with Crippen LogP contribution >= 0.6 is 15.9 Å². The van der Waals surface area contributed by atoms with Crippen molar-refractivity contribution in [2.75, 3.05) is 0 Å². The zero-order valence-corrected chi connectivity index (χ0v) is 8.92. The van der Waals surface area contributed by atoms with Gasteiger partial charge >= 0.3 is 6.61 Å². The van der Waals surface area contributed by atoms with E-state index in [1.165, 1.54) is 18.2 Å². The minimum Gasteiger partial charge on any atom is -0.435 e. The molecule has 1 rings (SSSR count). The predicted octanol–water partition coefficient (Wildman–Crippen LogP) is 1.65. The largest absolute Gasteiger partial charge is 0.435 e. The van der Waals surface area contributed by atoms with Crippen molar-refractivity contribution in [2.45, 2.75) is 6.61 Å². The first-order valence-corrected chi connectivity index (χ1v) is 4.58. The van der Waals surface area contributed by atoms with E-state index in [1.807, 2.05) is 5.43 Å². The van der Waals surface area contributed by atoms with Crippen molar-refractivity contribution in [3.8, 4) is 5.75 Å². The Morgan fingerprint density at radius 3 is 2.67 bits per heavy atom. The molecule has 0 aromatic heterocycles. The number of rotatable bonds is 3. The first kappa shape index (κ1) is 11.9. The smallest absolute Gasteiger partial charge is 0.387 e. The van der Waals surface area contributed by atoms with Gasteiger partial charge < -0.3 is 4.74 Å². The SMILES string of the molecule is NNC(=O)c1cc(Br)cc(OC(F)F)c1. The molecule has 7 heteroatoms. The number of carbonyl (C=O) groups is 1. The van der Waals surface area contributed by atoms with E-state index >= 15 is 0 Å². The molecule has 1 aromatic rings. The van der Waals surface area contributed by atoms with Crippen molar-refractivity contribution >= 4 is 21.8 Å². The maximum atomic E-state index is 11.9. The van der Waals surface area contributed by atoms with Crippen LogP contribution in [-0.4, -0.2) is 12.5 Å². The van der Waals surface area contributed by atoms with Crippen LogP contribution in [0.5, 0.6) is 5.75 Å². The number of carbonyl (C=O) groups excluding carboxylic acids is 1. The van der Waals surface area contributed by atoms with Crippen LogP contribution in [0.15, 0.2) is 22.7 Å². The average Bonchev–Trinajstić information content (AvgIpc) is 2.14. The first-order valence-electron chi connectivity index (χ1n) is 3.79. The number of nitrogen functional groups attached to an aromatic ring is 1. The minimum atomic E-state index is -2.94. The Kier molecular flexibility index (Phi) is 3.98. The highest BCUT2D eigenvalue weighted by molar-refractivity contribution is 9.10. The number of benzene rings is 1. The number of nitrogens with one attached hydrogen (secondary N) is 1. The van der Waals surface area contributed by atoms with Gasteiger partial charge in [-0.2, -0.15) is 8.78 Å². The summed E-state index contributed by atoms with van der Waals surface area (Å²) in [4.78, 5) is 11.1. The quantitative estimate of drug-likeness (QED) is 0.503. The van der Waals surface area contributed by atoms with Gasteiger partial charge in [0.1, 0.15) is 5.75 Å². The van der Waals surface area contributed by atoms with E-state index in [1.54, 1.807) is 0 Å². The molecule has 0 aliphatic rings. The highest BCUT2D eigenvalue weighted by atomic mass is 79.9. The van der Waals surface area contributed by atoms with E-state index in [-0.39, 0.29) is 11.3 Å². The van der Waals surface area contributed by atoms with Crippen LogP contribution in [0.1, 0.15) is 10.4 Å². The summed E-state index contributed by atoms with van der Waals surface area (Å²) in [6, 6.07) is 3.92. The molecule has 0 aliphatic heterocycles. The number of hydrazine groups is 1. The number of halogens is 3. The van der Waals surface area contributed by atoms with Crippen LogP contribution in [0, 0.1) is 0 Å². The zero-order valence-electron chi connectivity index (χ0n) is 7.34. The molecule has 1 aromatic carbocycles. The summed E-state index contributed by atoms with van der Waals surface area (Å²) in [6.45, 7) is -2.94. The van der Waals surface area contributed by atoms with Crippen LogP contribution in [0.2, 0.25) is 0 Å². The number of hydrogen-bond acceptors (Lipinski definition) is 3. The summed E-state index contributed by atoms with van der Waals surface area (Å²) >= 11 is 3.05. The zero-order chi connectivity index (χ0) is 11.4. The molecule has 0 saturated carbocycles. The highest BCUT2D eigenvalue weighted by Gasteiger charge is 2.10. The highest BCUT2D eigenvalue weighted by Crippen LogP contribution is 2.22. The minimum absolute atomic E-state index is 0.113. The van der Waals surface area contributed by atoms with Crippen molar-refractivity contribution in [3.05, 3.63) is 28.2 Å². The molecule has 82 valence electrons. The topological polar surface area (TPSA) is 64.3 Å². The average molecular weight is 281 g/mol. The third-order valence-electron chi connectivity index (χ3n) is 1.49. The fraction of sp³-hybridized carbons (Fsp3) is 0.125. The molecule has 0 atom stereocenters. The standard InChI is InChI=1S/C8H7BrF2N2O2/c9-5-1-4(7(14)13-12)2-6(3-5)15-8(10)11/h1-3,8H,12H2,(H,13,14). The third-order valence-corrected chi connectivity index (χ3v) is 1.95. The molecule has 15 heavy (non-hydrogen) atoms. The van der Waals surface area contributed by atoms with E-state index in [0.717, 1.165) is 0 Å². The van der Waals surface area contributed by atoms with E-state index in [9.17, 15) is 13.6 Å². The summed E-state index contributed by atoms with van der Waals surface area (Å²) < 4.78 is 28.4. The van der Waals surface area contributed by atoms with Crippen LogP contribution in [0.25, 0.3) is 0 Å². The Hall–Kier alpha value is -1.21. The Morgan fingerprint density at radius 1 is 1.47 bits per heavy atom. The molecule has 0 spiro atoms. The van der Waals surface area contributed by atoms with E-state index in [2.05, 4.69) is 20.7 Å². The molecule has 0 aliphatic carbocycles. The molecule has 0 bridgehead atoms. The Bertz CT molecular complexity index is 374. The van der Waals surface area contributed by atoms with Crippen molar-refractivity contribution in [1.29, 1.82) is 0 Å². The van der Waals surface area contributed by atoms with Crippen molar-refractivity contribution in [2.24, 2.45) is 5.84 Å². The lowest BCUT2D eigenvalue weighted by molar-refractivity contribution is -0.0499. The molecule has 0 saturated heterocycles. The second-order valence-electron chi connectivity index (χ2n) is 2.53. The Labute approximate surface area is 92.5 Å². The Balaban J connectivity index is 2.99. The van der Waals surface area contributed by atoms with Gasteiger partial charge in [0.25, 0.3) is 5.91 Å². The summed E-state index contributed by atoms with van der Waals surface area (Å²) in [5.41, 5.74) is 2.01. The second-order valence-corrected chi connectivity index (χ2v) is 3.44. The van der Waals surface area contributed by atoms with Gasteiger partial charge in [-0.15, -0.1) is 0 Å². The van der Waals surface area contributed by atoms with Gasteiger partial charge in [0.15, 0.2) is 0 Å². The van der Waals surface area contributed by atoms with Gasteiger partial charge in [0.05, 0.1) is 0 Å². The van der Waals surface area contributed by atoms with Gasteiger partial charge in [-0.3, -0.25) is 10.2 Å². The molecule has 0 unspecified atom stereocenters. The molecular formula is C8H7BrF2N2O2. The molecule has 4 nitrogen and oxygen atoms in total. The first-order chi connectivity index (χ1) is 7.02. The van der Waals surface area contributed by atoms with Crippen molar-refractivity contribution < 1.29 is 18.3 Å². The monoisotopic (exact) mass is 280 g/mol. The summed E-state index contributed by atoms with van der Waals surface area (Å²) in [5.74, 6) is 4.20. The van der Waals surface area contributed by atoms with E-state index in [0.29, 0.717) is 4.47 Å². The van der Waals surface area contributed by atoms with Crippen LogP contribution in [0.4, 0.5) is 8.78 Å². The lowest BCUT2D eigenvalue weighted by atomic mass is 10.2. The van der Waals surface area contributed by atoms with Crippen LogP contribution in [0.3, 0.4) is 0 Å². The second kappa shape index (κ2) is 5.04. The summed E-state index contributed by atoms with van der Waals surface area (Å²) in [7, 11) is 0. The van der Waals surface area contributed by atoms with Gasteiger partial charge in [0, 0.05) is 10.0 Å². The van der Waals surface area contributed by atoms with Gasteiger partial charge in [-0.05, 0) is 18.2 Å². The maximum Gasteiger partial charge on any atom is 0.387 e. The van der Waals surface area contributed by atoms with Crippen molar-refractivity contribution in [1.82, 2.24) is 5.43 Å². The van der Waals surface area contributed by atoms with Gasteiger partial charge in [-0.1, -0.05) is 15.9 Å². The van der Waals surface area contributed by atoms with Crippen LogP contribution in [-0.2, 0) is 0 Å². The number of nitrogens with two attached hydrogens (primary N) is 1. The maximum absolute atomic E-state index is 11.9. The summed E-state index contributed by atoms with van der Waals surface area (Å²) in [5, 5.41) is 0. The number of amides is 1. The fourth-order valence-electron chi connectivity index (χ4n) is 0.948. The number of alkyl halides is 2. The predicted molar refractivity (Wildman–Crippen MR) is 52.4 cm³/mol. The van der Waals surface area contributed by atoms with Gasteiger partial charge in [-0.25, -0.2) is 5.84 Å². The Morgan fingerprint density at radius 2 is 2.13 bits per heavy atom. The van der Waals surface area contributed by atoms with Crippen LogP contribution < -0.4 is 16.0 Å². The van der Waals surface area contributed by atoms with E-state index in [4.69, 9.17) is 5.84 Å². The third kappa shape index (κ3) is 3.45. The van der Waals surface area contributed by atoms with Crippen molar-refractivity contribution in [3.63, 3.8) is 0 Å². The fourth-order valence-corrected chi connectivity index (χ4v) is 1.42. The molecule has 0 heterocycles. The molecule has 1 amide bonds. The lowest BCUT2D eigenvalue weighted by Crippen LogP contribution is -2.30. The normalized spacial score (nSPS) is 10.2. The van der Waals surface area contributed by atoms with Gasteiger partial charge in [0.2, 0.25) is 0 Å². The lowest BCUT2D eigenvalue weighted by Gasteiger charge is -2.07. The number of ether oxygens (including phenoxy) is 1. The number of hydrogen-bond donors (Lipinski definition) is 2. The molecule has 3 N–H and O–H groups in total. The summed E-state index contributed by atoms with van der Waals surface area (Å²) in [6.07, 6.45) is 0. The van der Waals surface area contributed by atoms with E-state index < -0.39 is 12.5 Å². The molecular weight excluding hydrogens is 274 g/mol. The molecule has 0 radical (unpaired) electrons. The molecule has 0 fully saturated rings.